The Morgan fingerprint density at radius 1 is 1.12 bits per heavy atom. The van der Waals surface area contributed by atoms with Crippen LogP contribution in [0.4, 0.5) is 5.69 Å². The maximum Gasteiger partial charge on any atom is 0.255 e. The summed E-state index contributed by atoms with van der Waals surface area (Å²) in [5, 5.41) is 12.5. The number of carbonyl (C=O) groups excluding carboxylic acids is 1. The van der Waals surface area contributed by atoms with Crippen molar-refractivity contribution in [2.75, 3.05) is 18.4 Å². The molecule has 1 amide bonds. The zero-order chi connectivity index (χ0) is 17.8. The van der Waals surface area contributed by atoms with Gasteiger partial charge in [0.05, 0.1) is 17.9 Å². The summed E-state index contributed by atoms with van der Waals surface area (Å²) in [5.41, 5.74) is 2.14. The van der Waals surface area contributed by atoms with E-state index in [1.54, 1.807) is 24.3 Å². The number of amides is 1. The number of para-hydroxylation sites is 2. The summed E-state index contributed by atoms with van der Waals surface area (Å²) in [7, 11) is 0. The van der Waals surface area contributed by atoms with Gasteiger partial charge in [0.15, 0.2) is 0 Å². The minimum absolute atomic E-state index is 0.0584. The van der Waals surface area contributed by atoms with Crippen LogP contribution in [0.3, 0.4) is 0 Å². The summed E-state index contributed by atoms with van der Waals surface area (Å²) in [4.78, 5) is 14.7. The number of phenolic OH excluding ortho intramolecular Hbond substituents is 1. The van der Waals surface area contributed by atoms with Crippen molar-refractivity contribution < 1.29 is 14.6 Å². The molecule has 1 aliphatic heterocycles. The Hall–Kier alpha value is -2.37. The molecule has 3 rings (SSSR count). The first-order valence-electron chi connectivity index (χ1n) is 8.57. The van der Waals surface area contributed by atoms with E-state index in [1.807, 2.05) is 24.3 Å². The third-order valence-electron chi connectivity index (χ3n) is 4.27. The Labute approximate surface area is 148 Å². The van der Waals surface area contributed by atoms with Crippen LogP contribution in [0.5, 0.6) is 5.75 Å². The second kappa shape index (κ2) is 7.68. The average molecular weight is 340 g/mol. The molecule has 5 heteroatoms. The fourth-order valence-corrected chi connectivity index (χ4v) is 3.21. The van der Waals surface area contributed by atoms with Gasteiger partial charge in [-0.05, 0) is 43.7 Å². The second-order valence-corrected chi connectivity index (χ2v) is 6.62. The summed E-state index contributed by atoms with van der Waals surface area (Å²) in [6.07, 6.45) is 0.486. The van der Waals surface area contributed by atoms with Crippen molar-refractivity contribution in [3.8, 4) is 5.75 Å². The number of benzene rings is 2. The van der Waals surface area contributed by atoms with Gasteiger partial charge in [-0.3, -0.25) is 9.69 Å². The minimum atomic E-state index is -0.235. The van der Waals surface area contributed by atoms with E-state index in [4.69, 9.17) is 4.74 Å². The average Bonchev–Trinajstić information content (AvgIpc) is 2.56. The lowest BCUT2D eigenvalue weighted by Gasteiger charge is -2.35. The lowest BCUT2D eigenvalue weighted by molar-refractivity contribution is -0.0704. The molecule has 0 radical (unpaired) electrons. The summed E-state index contributed by atoms with van der Waals surface area (Å²) >= 11 is 0. The molecule has 0 aromatic heterocycles. The lowest BCUT2D eigenvalue weighted by atomic mass is 10.1. The monoisotopic (exact) mass is 340 g/mol. The second-order valence-electron chi connectivity index (χ2n) is 6.62. The molecule has 2 aromatic rings. The number of nitrogens with one attached hydrogen (secondary N) is 1. The van der Waals surface area contributed by atoms with Crippen LogP contribution in [0.1, 0.15) is 29.8 Å². The number of aromatic hydroxyl groups is 1. The number of anilines is 1. The molecule has 2 atom stereocenters. The number of nitrogens with zero attached hydrogens (tertiary/aromatic N) is 1. The topological polar surface area (TPSA) is 61.8 Å². The Morgan fingerprint density at radius 2 is 1.76 bits per heavy atom. The molecule has 1 fully saturated rings. The smallest absolute Gasteiger partial charge is 0.255 e. The number of phenols is 1. The van der Waals surface area contributed by atoms with E-state index >= 15 is 0 Å². The van der Waals surface area contributed by atoms with Gasteiger partial charge in [0.1, 0.15) is 5.75 Å². The quantitative estimate of drug-likeness (QED) is 0.839. The number of hydrogen-bond acceptors (Lipinski definition) is 4. The van der Waals surface area contributed by atoms with Gasteiger partial charge >= 0.3 is 0 Å². The Bertz CT molecular complexity index is 720. The van der Waals surface area contributed by atoms with Crippen LogP contribution >= 0.6 is 0 Å². The van der Waals surface area contributed by atoms with Gasteiger partial charge in [-0.15, -0.1) is 0 Å². The zero-order valence-corrected chi connectivity index (χ0v) is 14.6. The van der Waals surface area contributed by atoms with E-state index in [2.05, 4.69) is 24.1 Å². The Kier molecular flexibility index (Phi) is 5.36. The SMILES string of the molecule is CC1CN(Cc2ccc(C(=O)Nc3ccccc3O)cc2)CC(C)O1. The van der Waals surface area contributed by atoms with Crippen molar-refractivity contribution in [2.45, 2.75) is 32.6 Å². The maximum absolute atomic E-state index is 12.3. The number of carbonyl (C=O) groups is 1. The first-order chi connectivity index (χ1) is 12.0. The predicted octanol–water partition coefficient (Wildman–Crippen LogP) is 3.25. The largest absolute Gasteiger partial charge is 0.506 e. The van der Waals surface area contributed by atoms with Crippen LogP contribution in [-0.2, 0) is 11.3 Å². The van der Waals surface area contributed by atoms with Crippen LogP contribution in [0.25, 0.3) is 0 Å². The van der Waals surface area contributed by atoms with E-state index in [9.17, 15) is 9.90 Å². The Morgan fingerprint density at radius 3 is 2.40 bits per heavy atom. The fraction of sp³-hybridized carbons (Fsp3) is 0.350. The molecule has 1 saturated heterocycles. The normalized spacial score (nSPS) is 21.0. The molecule has 0 saturated carbocycles. The van der Waals surface area contributed by atoms with Gasteiger partial charge in [-0.2, -0.15) is 0 Å². The first kappa shape index (κ1) is 17.5. The molecular weight excluding hydrogens is 316 g/mol. The molecule has 2 aromatic carbocycles. The molecule has 0 aliphatic carbocycles. The van der Waals surface area contributed by atoms with Gasteiger partial charge < -0.3 is 15.2 Å². The minimum Gasteiger partial charge on any atom is -0.506 e. The maximum atomic E-state index is 12.3. The highest BCUT2D eigenvalue weighted by Gasteiger charge is 2.22. The molecule has 2 N–H and O–H groups in total. The molecule has 0 bridgehead atoms. The summed E-state index contributed by atoms with van der Waals surface area (Å²) in [6, 6.07) is 14.3. The number of ether oxygens (including phenoxy) is 1. The van der Waals surface area contributed by atoms with Gasteiger partial charge in [0.25, 0.3) is 5.91 Å². The van der Waals surface area contributed by atoms with E-state index < -0.39 is 0 Å². The van der Waals surface area contributed by atoms with Crippen molar-refractivity contribution in [3.05, 3.63) is 59.7 Å². The van der Waals surface area contributed by atoms with Crippen molar-refractivity contribution in [1.29, 1.82) is 0 Å². The van der Waals surface area contributed by atoms with Crippen LogP contribution in [0.15, 0.2) is 48.5 Å². The number of morpholine rings is 1. The van der Waals surface area contributed by atoms with Crippen molar-refractivity contribution in [1.82, 2.24) is 4.90 Å². The predicted molar refractivity (Wildman–Crippen MR) is 97.8 cm³/mol. The van der Waals surface area contributed by atoms with E-state index in [0.29, 0.717) is 11.3 Å². The molecular formula is C20H24N2O3. The molecule has 1 aliphatic rings. The summed E-state index contributed by atoms with van der Waals surface area (Å²) in [5.74, 6) is -0.176. The van der Waals surface area contributed by atoms with Crippen LogP contribution in [0, 0.1) is 0 Å². The van der Waals surface area contributed by atoms with Gasteiger partial charge in [-0.25, -0.2) is 0 Å². The highest BCUT2D eigenvalue weighted by Crippen LogP contribution is 2.22. The first-order valence-corrected chi connectivity index (χ1v) is 8.57. The van der Waals surface area contributed by atoms with Crippen molar-refractivity contribution in [2.24, 2.45) is 0 Å². The van der Waals surface area contributed by atoms with Crippen molar-refractivity contribution in [3.63, 3.8) is 0 Å². The van der Waals surface area contributed by atoms with E-state index in [-0.39, 0.29) is 23.9 Å². The zero-order valence-electron chi connectivity index (χ0n) is 14.6. The highest BCUT2D eigenvalue weighted by atomic mass is 16.5. The molecule has 1 heterocycles. The van der Waals surface area contributed by atoms with Gasteiger partial charge in [0, 0.05) is 25.2 Å². The molecule has 25 heavy (non-hydrogen) atoms. The summed E-state index contributed by atoms with van der Waals surface area (Å²) in [6.45, 7) is 6.86. The molecule has 132 valence electrons. The van der Waals surface area contributed by atoms with Crippen LogP contribution in [-0.4, -0.2) is 41.2 Å². The third-order valence-corrected chi connectivity index (χ3v) is 4.27. The van der Waals surface area contributed by atoms with Crippen molar-refractivity contribution >= 4 is 11.6 Å². The molecule has 0 spiro atoms. The van der Waals surface area contributed by atoms with E-state index in [1.165, 1.54) is 5.56 Å². The fourth-order valence-electron chi connectivity index (χ4n) is 3.21. The lowest BCUT2D eigenvalue weighted by Crippen LogP contribution is -2.44. The Balaban J connectivity index is 1.62. The third kappa shape index (κ3) is 4.59. The summed E-state index contributed by atoms with van der Waals surface area (Å²) < 4.78 is 5.76. The van der Waals surface area contributed by atoms with Gasteiger partial charge in [-0.1, -0.05) is 24.3 Å². The molecule has 5 nitrogen and oxygen atoms in total. The van der Waals surface area contributed by atoms with E-state index in [0.717, 1.165) is 19.6 Å². The molecule has 2 unspecified atom stereocenters. The van der Waals surface area contributed by atoms with Crippen LogP contribution in [0.2, 0.25) is 0 Å². The number of rotatable bonds is 4. The standard InChI is InChI=1S/C20H24N2O3/c1-14-11-22(12-15(2)25-14)13-16-7-9-17(10-8-16)20(24)21-18-5-3-4-6-19(18)23/h3-10,14-15,23H,11-13H2,1-2H3,(H,21,24). The van der Waals surface area contributed by atoms with Gasteiger partial charge in [0.2, 0.25) is 0 Å². The van der Waals surface area contributed by atoms with Crippen LogP contribution < -0.4 is 5.32 Å². The highest BCUT2D eigenvalue weighted by molar-refractivity contribution is 6.04. The number of hydrogen-bond donors (Lipinski definition) is 2.